The molecule has 0 fully saturated rings. The van der Waals surface area contributed by atoms with E-state index < -0.39 is 5.97 Å². The number of hydrogen-bond donors (Lipinski definition) is 1. The summed E-state index contributed by atoms with van der Waals surface area (Å²) in [5.74, 6) is -0.979. The molecular weight excluding hydrogens is 230 g/mol. The summed E-state index contributed by atoms with van der Waals surface area (Å²) in [6, 6.07) is 11.7. The lowest BCUT2D eigenvalue weighted by molar-refractivity contribution is 0.0695. The maximum absolute atomic E-state index is 11.7. The van der Waals surface area contributed by atoms with Gasteiger partial charge in [0.25, 0.3) is 5.56 Å². The molecule has 2 rings (SSSR count). The molecule has 92 valence electrons. The van der Waals surface area contributed by atoms with Crippen molar-refractivity contribution in [3.8, 4) is 0 Å². The first-order valence-corrected chi connectivity index (χ1v) is 5.57. The Labute approximate surface area is 104 Å². The first kappa shape index (κ1) is 12.1. The molecule has 1 N–H and O–H groups in total. The Balaban J connectivity index is 2.47. The van der Waals surface area contributed by atoms with Gasteiger partial charge in [-0.2, -0.15) is 0 Å². The Bertz CT molecular complexity index is 643. The Morgan fingerprint density at radius 2 is 1.89 bits per heavy atom. The lowest BCUT2D eigenvalue weighted by atomic mass is 10.1. The summed E-state index contributed by atoms with van der Waals surface area (Å²) in [6.45, 7) is 2.10. The largest absolute Gasteiger partial charge is 0.478 e. The molecule has 0 aliphatic carbocycles. The van der Waals surface area contributed by atoms with Gasteiger partial charge < -0.3 is 9.67 Å². The van der Waals surface area contributed by atoms with Crippen molar-refractivity contribution < 1.29 is 9.90 Å². The number of carbonyl (C=O) groups is 1. The fraction of sp³-hybridized carbons (Fsp3) is 0.143. The Hall–Kier alpha value is -2.36. The summed E-state index contributed by atoms with van der Waals surface area (Å²) in [4.78, 5) is 22.8. The highest BCUT2D eigenvalue weighted by atomic mass is 16.4. The lowest BCUT2D eigenvalue weighted by Gasteiger charge is -2.11. The fourth-order valence-electron chi connectivity index (χ4n) is 1.86. The average Bonchev–Trinajstić information content (AvgIpc) is 2.34. The van der Waals surface area contributed by atoms with Gasteiger partial charge in [-0.15, -0.1) is 0 Å². The molecule has 0 radical (unpaired) electrons. The predicted molar refractivity (Wildman–Crippen MR) is 67.9 cm³/mol. The predicted octanol–water partition coefficient (Wildman–Crippen LogP) is 1.90. The van der Waals surface area contributed by atoms with Gasteiger partial charge in [-0.3, -0.25) is 4.79 Å². The van der Waals surface area contributed by atoms with Gasteiger partial charge in [0.05, 0.1) is 12.1 Å². The number of pyridine rings is 1. The summed E-state index contributed by atoms with van der Waals surface area (Å²) < 4.78 is 1.56. The van der Waals surface area contributed by atoms with Crippen LogP contribution in [-0.4, -0.2) is 15.6 Å². The molecule has 2 aromatic rings. The van der Waals surface area contributed by atoms with Crippen LogP contribution in [0.1, 0.15) is 21.6 Å². The van der Waals surface area contributed by atoms with Gasteiger partial charge in [0.15, 0.2) is 0 Å². The third-order valence-electron chi connectivity index (χ3n) is 2.84. The van der Waals surface area contributed by atoms with Crippen molar-refractivity contribution in [1.29, 1.82) is 0 Å². The van der Waals surface area contributed by atoms with Gasteiger partial charge in [0.1, 0.15) is 0 Å². The fourth-order valence-corrected chi connectivity index (χ4v) is 1.86. The highest BCUT2D eigenvalue weighted by Crippen LogP contribution is 2.10. The van der Waals surface area contributed by atoms with Crippen molar-refractivity contribution in [3.63, 3.8) is 0 Å². The minimum atomic E-state index is -0.979. The Morgan fingerprint density at radius 1 is 1.17 bits per heavy atom. The molecule has 0 aliphatic heterocycles. The number of aryl methyl sites for hydroxylation is 1. The summed E-state index contributed by atoms with van der Waals surface area (Å²) in [5.41, 5.74) is 1.53. The summed E-state index contributed by atoms with van der Waals surface area (Å²) in [6.07, 6.45) is 0. The molecule has 4 nitrogen and oxygen atoms in total. The number of hydrogen-bond acceptors (Lipinski definition) is 2. The highest BCUT2D eigenvalue weighted by Gasteiger charge is 2.10. The van der Waals surface area contributed by atoms with Crippen LogP contribution >= 0.6 is 0 Å². The monoisotopic (exact) mass is 243 g/mol. The number of aromatic carboxylic acids is 1. The second-order valence-corrected chi connectivity index (χ2v) is 4.05. The van der Waals surface area contributed by atoms with E-state index in [1.807, 2.05) is 13.0 Å². The topological polar surface area (TPSA) is 59.3 Å². The minimum absolute atomic E-state index is 0.129. The third kappa shape index (κ3) is 2.32. The molecule has 0 spiro atoms. The van der Waals surface area contributed by atoms with Crippen LogP contribution in [0.3, 0.4) is 0 Å². The van der Waals surface area contributed by atoms with E-state index in [9.17, 15) is 9.59 Å². The quantitative estimate of drug-likeness (QED) is 0.895. The van der Waals surface area contributed by atoms with Crippen LogP contribution in [0, 0.1) is 6.92 Å². The zero-order valence-corrected chi connectivity index (χ0v) is 9.96. The Kier molecular flexibility index (Phi) is 3.28. The second-order valence-electron chi connectivity index (χ2n) is 4.05. The summed E-state index contributed by atoms with van der Waals surface area (Å²) in [7, 11) is 0. The van der Waals surface area contributed by atoms with Crippen molar-refractivity contribution in [2.45, 2.75) is 13.5 Å². The van der Waals surface area contributed by atoms with Crippen LogP contribution in [0.2, 0.25) is 0 Å². The van der Waals surface area contributed by atoms with E-state index in [0.717, 1.165) is 5.69 Å². The first-order chi connectivity index (χ1) is 8.59. The van der Waals surface area contributed by atoms with Crippen molar-refractivity contribution in [1.82, 2.24) is 4.57 Å². The molecular formula is C14H13NO3. The number of benzene rings is 1. The van der Waals surface area contributed by atoms with Crippen LogP contribution in [0.25, 0.3) is 0 Å². The molecule has 0 saturated heterocycles. The third-order valence-corrected chi connectivity index (χ3v) is 2.84. The Morgan fingerprint density at radius 3 is 2.56 bits per heavy atom. The smallest absolute Gasteiger partial charge is 0.336 e. The van der Waals surface area contributed by atoms with Crippen LogP contribution in [0.5, 0.6) is 0 Å². The van der Waals surface area contributed by atoms with Crippen LogP contribution in [-0.2, 0) is 6.54 Å². The zero-order valence-electron chi connectivity index (χ0n) is 9.96. The van der Waals surface area contributed by atoms with Crippen molar-refractivity contribution >= 4 is 5.97 Å². The molecule has 0 saturated carbocycles. The van der Waals surface area contributed by atoms with Gasteiger partial charge in [0.2, 0.25) is 0 Å². The highest BCUT2D eigenvalue weighted by molar-refractivity contribution is 5.89. The van der Waals surface area contributed by atoms with Gasteiger partial charge in [-0.05, 0) is 24.6 Å². The van der Waals surface area contributed by atoms with Crippen LogP contribution < -0.4 is 5.56 Å². The van der Waals surface area contributed by atoms with E-state index in [4.69, 9.17) is 5.11 Å². The van der Waals surface area contributed by atoms with E-state index in [1.165, 1.54) is 6.07 Å². The van der Waals surface area contributed by atoms with Crippen LogP contribution in [0.4, 0.5) is 0 Å². The molecule has 1 aromatic heterocycles. The van der Waals surface area contributed by atoms with E-state index in [2.05, 4.69) is 0 Å². The van der Waals surface area contributed by atoms with E-state index in [-0.39, 0.29) is 17.7 Å². The molecule has 1 heterocycles. The molecule has 0 atom stereocenters. The van der Waals surface area contributed by atoms with E-state index in [1.54, 1.807) is 34.9 Å². The van der Waals surface area contributed by atoms with E-state index >= 15 is 0 Å². The molecule has 0 aliphatic rings. The average molecular weight is 243 g/mol. The summed E-state index contributed by atoms with van der Waals surface area (Å²) >= 11 is 0. The number of nitrogens with zero attached hydrogens (tertiary/aromatic N) is 1. The number of aromatic nitrogens is 1. The normalized spacial score (nSPS) is 10.3. The maximum Gasteiger partial charge on any atom is 0.336 e. The van der Waals surface area contributed by atoms with Crippen molar-refractivity contribution in [3.05, 3.63) is 69.6 Å². The number of carboxylic acid groups (broad SMARTS) is 1. The first-order valence-electron chi connectivity index (χ1n) is 5.57. The molecule has 18 heavy (non-hydrogen) atoms. The second kappa shape index (κ2) is 4.87. The summed E-state index contributed by atoms with van der Waals surface area (Å²) in [5, 5.41) is 9.09. The van der Waals surface area contributed by atoms with Gasteiger partial charge in [-0.25, -0.2) is 4.79 Å². The van der Waals surface area contributed by atoms with Gasteiger partial charge >= 0.3 is 5.97 Å². The molecule has 1 aromatic carbocycles. The maximum atomic E-state index is 11.7. The van der Waals surface area contributed by atoms with Crippen molar-refractivity contribution in [2.24, 2.45) is 0 Å². The zero-order chi connectivity index (χ0) is 13.1. The van der Waals surface area contributed by atoms with Gasteiger partial charge in [0, 0.05) is 11.8 Å². The molecule has 4 heteroatoms. The number of carboxylic acids is 1. The lowest BCUT2D eigenvalue weighted by Crippen LogP contribution is -2.22. The molecule has 0 bridgehead atoms. The van der Waals surface area contributed by atoms with Crippen molar-refractivity contribution in [2.75, 3.05) is 0 Å². The van der Waals surface area contributed by atoms with Crippen LogP contribution in [0.15, 0.2) is 47.3 Å². The minimum Gasteiger partial charge on any atom is -0.478 e. The number of rotatable bonds is 3. The SMILES string of the molecule is Cc1cccc(=O)n1Cc1ccccc1C(=O)O. The standard InChI is InChI=1S/C14H13NO3/c1-10-5-4-8-13(16)15(10)9-11-6-2-3-7-12(11)14(17)18/h2-8H,9H2,1H3,(H,17,18). The van der Waals surface area contributed by atoms with E-state index in [0.29, 0.717) is 5.56 Å². The van der Waals surface area contributed by atoms with Gasteiger partial charge in [-0.1, -0.05) is 24.3 Å². The molecule has 0 amide bonds. The molecule has 0 unspecified atom stereocenters.